The van der Waals surface area contributed by atoms with Gasteiger partial charge in [0, 0.05) is 11.2 Å². The minimum absolute atomic E-state index is 0.350. The number of tetrazole rings is 1. The molecule has 1 atom stereocenters. The Kier molecular flexibility index (Phi) is 1.43. The van der Waals surface area contributed by atoms with E-state index in [1.54, 1.807) is 0 Å². The van der Waals surface area contributed by atoms with Crippen molar-refractivity contribution in [2.45, 2.75) is 5.16 Å². The lowest BCUT2D eigenvalue weighted by molar-refractivity contribution is 0.552. The van der Waals surface area contributed by atoms with E-state index in [0.29, 0.717) is 0 Å². The number of hydrogen-bond acceptors (Lipinski definition) is 5. The van der Waals surface area contributed by atoms with E-state index in [-0.39, 0.29) is 5.16 Å². The first-order valence-electron chi connectivity index (χ1n) is 1.81. The largest absolute Gasteiger partial charge is 0.300 e. The number of aromatic amines is 1. The second-order valence-electron chi connectivity index (χ2n) is 1.17. The van der Waals surface area contributed by atoms with Crippen LogP contribution in [0.2, 0.25) is 0 Å². The SMILES string of the molecule is O=S(O)(=S)c1nn[nH]n1. The van der Waals surface area contributed by atoms with Crippen molar-refractivity contribution in [2.24, 2.45) is 0 Å². The zero-order valence-corrected chi connectivity index (χ0v) is 5.65. The first kappa shape index (κ1) is 6.52. The molecule has 0 amide bonds. The summed E-state index contributed by atoms with van der Waals surface area (Å²) in [6.45, 7) is 0. The second-order valence-corrected chi connectivity index (χ2v) is 3.84. The Balaban J connectivity index is 3.20. The predicted octanol–water partition coefficient (Wildman–Crippen LogP) is -1.22. The van der Waals surface area contributed by atoms with E-state index in [9.17, 15) is 4.21 Å². The maximum Gasteiger partial charge on any atom is 0.288 e. The lowest BCUT2D eigenvalue weighted by atomic mass is 11.4. The van der Waals surface area contributed by atoms with E-state index in [1.165, 1.54) is 0 Å². The molecule has 1 aromatic rings. The summed E-state index contributed by atoms with van der Waals surface area (Å²) < 4.78 is 19.0. The molecule has 0 saturated heterocycles. The molecular weight excluding hydrogens is 164 g/mol. The molecule has 0 aliphatic rings. The average molecular weight is 166 g/mol. The third-order valence-electron chi connectivity index (χ3n) is 0.557. The van der Waals surface area contributed by atoms with Gasteiger partial charge in [0.15, 0.2) is 0 Å². The Bertz CT molecular complexity index is 274. The van der Waals surface area contributed by atoms with Crippen LogP contribution in [0.4, 0.5) is 0 Å². The smallest absolute Gasteiger partial charge is 0.288 e. The van der Waals surface area contributed by atoms with Gasteiger partial charge in [-0.15, -0.1) is 5.10 Å². The Labute approximate surface area is 55.2 Å². The van der Waals surface area contributed by atoms with Crippen molar-refractivity contribution in [1.29, 1.82) is 0 Å². The number of rotatable bonds is 1. The summed E-state index contributed by atoms with van der Waals surface area (Å²) in [6, 6.07) is 0. The second kappa shape index (κ2) is 1.97. The van der Waals surface area contributed by atoms with Crippen molar-refractivity contribution >= 4 is 20.0 Å². The summed E-state index contributed by atoms with van der Waals surface area (Å²) in [5, 5.41) is 11.1. The molecular formula is CH2N4O2S2. The summed E-state index contributed by atoms with van der Waals surface area (Å²) in [5.41, 5.74) is 0. The zero-order chi connectivity index (χ0) is 6.91. The Morgan fingerprint density at radius 1 is 1.78 bits per heavy atom. The maximum absolute atomic E-state index is 10.4. The van der Waals surface area contributed by atoms with Gasteiger partial charge in [0.05, 0.1) is 0 Å². The first-order chi connectivity index (χ1) is 4.11. The summed E-state index contributed by atoms with van der Waals surface area (Å²) >= 11 is 4.10. The highest BCUT2D eigenvalue weighted by molar-refractivity contribution is 8.29. The van der Waals surface area contributed by atoms with Gasteiger partial charge in [0.25, 0.3) is 5.16 Å². The number of nitrogens with zero attached hydrogens (tertiary/aromatic N) is 3. The fraction of sp³-hybridized carbons (Fsp3) is 0. The van der Waals surface area contributed by atoms with E-state index < -0.39 is 8.77 Å². The quantitative estimate of drug-likeness (QED) is 0.543. The highest BCUT2D eigenvalue weighted by atomic mass is 32.8. The van der Waals surface area contributed by atoms with Crippen molar-refractivity contribution in [3.8, 4) is 0 Å². The van der Waals surface area contributed by atoms with Crippen molar-refractivity contribution in [3.63, 3.8) is 0 Å². The fourth-order valence-electron chi connectivity index (χ4n) is 0.262. The molecule has 6 nitrogen and oxygen atoms in total. The van der Waals surface area contributed by atoms with Gasteiger partial charge in [-0.25, -0.2) is 4.21 Å². The molecule has 50 valence electrons. The molecule has 1 aromatic heterocycles. The molecule has 0 fully saturated rings. The van der Waals surface area contributed by atoms with Crippen molar-refractivity contribution in [3.05, 3.63) is 0 Å². The van der Waals surface area contributed by atoms with E-state index in [4.69, 9.17) is 4.55 Å². The number of hydrogen-bond donors (Lipinski definition) is 2. The van der Waals surface area contributed by atoms with Gasteiger partial charge in [-0.3, -0.25) is 4.55 Å². The van der Waals surface area contributed by atoms with Gasteiger partial charge >= 0.3 is 0 Å². The van der Waals surface area contributed by atoms with Crippen LogP contribution in [0.15, 0.2) is 5.16 Å². The summed E-state index contributed by atoms with van der Waals surface area (Å²) in [7, 11) is -3.44. The summed E-state index contributed by atoms with van der Waals surface area (Å²) in [4.78, 5) is 0. The van der Waals surface area contributed by atoms with Crippen LogP contribution in [-0.2, 0) is 20.0 Å². The molecule has 0 radical (unpaired) electrons. The molecule has 0 aliphatic heterocycles. The topological polar surface area (TPSA) is 91.8 Å². The van der Waals surface area contributed by atoms with E-state index in [0.717, 1.165) is 0 Å². The van der Waals surface area contributed by atoms with Crippen LogP contribution in [0.1, 0.15) is 0 Å². The van der Waals surface area contributed by atoms with Gasteiger partial charge in [-0.05, 0) is 5.21 Å². The van der Waals surface area contributed by atoms with Gasteiger partial charge in [0.2, 0.25) is 8.77 Å². The van der Waals surface area contributed by atoms with Crippen LogP contribution in [0.5, 0.6) is 0 Å². The van der Waals surface area contributed by atoms with Crippen molar-refractivity contribution in [1.82, 2.24) is 20.6 Å². The minimum atomic E-state index is -3.44. The van der Waals surface area contributed by atoms with E-state index in [1.807, 2.05) is 5.21 Å². The van der Waals surface area contributed by atoms with Crippen molar-refractivity contribution in [2.75, 3.05) is 0 Å². The fourth-order valence-corrected chi connectivity index (χ4v) is 0.774. The van der Waals surface area contributed by atoms with Gasteiger partial charge in [-0.1, -0.05) is 5.10 Å². The standard InChI is InChI=1S/CH2N4O2S2/c6-9(7,8)1-2-4-5-3-1/h(H,6,7,8)(H,2,3,4,5). The molecule has 0 bridgehead atoms. The highest BCUT2D eigenvalue weighted by Crippen LogP contribution is 1.93. The van der Waals surface area contributed by atoms with Crippen LogP contribution >= 0.6 is 0 Å². The van der Waals surface area contributed by atoms with Gasteiger partial charge in [0.1, 0.15) is 0 Å². The molecule has 9 heavy (non-hydrogen) atoms. The van der Waals surface area contributed by atoms with E-state index in [2.05, 4.69) is 26.6 Å². The Morgan fingerprint density at radius 2 is 2.44 bits per heavy atom. The predicted molar refractivity (Wildman–Crippen MR) is 30.6 cm³/mol. The molecule has 1 rings (SSSR count). The first-order valence-corrected chi connectivity index (χ1v) is 4.25. The molecule has 0 spiro atoms. The van der Waals surface area contributed by atoms with Crippen LogP contribution < -0.4 is 0 Å². The Hall–Kier alpha value is -0.600. The number of nitrogens with one attached hydrogen (secondary N) is 1. The molecule has 0 aliphatic carbocycles. The molecule has 1 unspecified atom stereocenters. The number of aromatic nitrogens is 4. The molecule has 0 saturated carbocycles. The molecule has 0 aromatic carbocycles. The van der Waals surface area contributed by atoms with Gasteiger partial charge in [-0.2, -0.15) is 5.21 Å². The summed E-state index contributed by atoms with van der Waals surface area (Å²) in [6.07, 6.45) is 0. The highest BCUT2D eigenvalue weighted by Gasteiger charge is 2.08. The Morgan fingerprint density at radius 3 is 2.67 bits per heavy atom. The van der Waals surface area contributed by atoms with Gasteiger partial charge < -0.3 is 0 Å². The van der Waals surface area contributed by atoms with Crippen molar-refractivity contribution < 1.29 is 8.76 Å². The van der Waals surface area contributed by atoms with E-state index >= 15 is 0 Å². The molecule has 8 heteroatoms. The third-order valence-corrected chi connectivity index (χ3v) is 1.64. The third kappa shape index (κ3) is 1.40. The monoisotopic (exact) mass is 166 g/mol. The average Bonchev–Trinajstić information content (AvgIpc) is 2.08. The molecule has 1 heterocycles. The van der Waals surface area contributed by atoms with Crippen LogP contribution in [0.25, 0.3) is 0 Å². The minimum Gasteiger partial charge on any atom is -0.300 e. The van der Waals surface area contributed by atoms with Crippen LogP contribution in [0, 0.1) is 0 Å². The lowest BCUT2D eigenvalue weighted by Gasteiger charge is -1.84. The number of H-pyrrole nitrogens is 1. The maximum atomic E-state index is 10.4. The summed E-state index contributed by atoms with van der Waals surface area (Å²) in [5.74, 6) is 0. The normalized spacial score (nSPS) is 17.0. The van der Waals surface area contributed by atoms with Crippen LogP contribution in [-0.4, -0.2) is 29.4 Å². The molecule has 2 N–H and O–H groups in total. The van der Waals surface area contributed by atoms with Crippen LogP contribution in [0.3, 0.4) is 0 Å². The zero-order valence-electron chi connectivity index (χ0n) is 4.01. The lowest BCUT2D eigenvalue weighted by Crippen LogP contribution is -1.98.